The molecule has 1 aliphatic rings. The maximum Gasteiger partial charge on any atom is 0.419 e. The summed E-state index contributed by atoms with van der Waals surface area (Å²) in [6.45, 7) is 1.02. The average Bonchev–Trinajstić information content (AvgIpc) is 2.52. The summed E-state index contributed by atoms with van der Waals surface area (Å²) in [5.74, 6) is -0.986. The van der Waals surface area contributed by atoms with E-state index in [1.165, 1.54) is 0 Å². The van der Waals surface area contributed by atoms with Crippen LogP contribution in [0.15, 0.2) is 6.07 Å². The Balaban J connectivity index is 2.57. The standard InChI is InChI=1S/C13H15ClF3N3O3/c1-23-12(22)8-4-9(13(15,16)17)10(14)19-11(8)20-3-2-18-5-7(20)6-21/h4,7,18,21H,2-3,5-6H2,1H3/t7-/m1/s1. The predicted molar refractivity (Wildman–Crippen MR) is 76.7 cm³/mol. The number of halogens is 4. The number of methoxy groups -OCH3 is 1. The first-order valence-electron chi connectivity index (χ1n) is 6.73. The smallest absolute Gasteiger partial charge is 0.419 e. The Morgan fingerprint density at radius 2 is 2.30 bits per heavy atom. The predicted octanol–water partition coefficient (Wildman–Crippen LogP) is 1.31. The maximum atomic E-state index is 13.0. The van der Waals surface area contributed by atoms with E-state index in [0.717, 1.165) is 7.11 Å². The molecule has 1 aromatic rings. The van der Waals surface area contributed by atoms with E-state index in [-0.39, 0.29) is 18.0 Å². The van der Waals surface area contributed by atoms with E-state index in [4.69, 9.17) is 11.6 Å². The van der Waals surface area contributed by atoms with Crippen LogP contribution in [0.4, 0.5) is 19.0 Å². The maximum absolute atomic E-state index is 13.0. The van der Waals surface area contributed by atoms with Gasteiger partial charge in [0.25, 0.3) is 0 Å². The minimum absolute atomic E-state index is 0.0320. The van der Waals surface area contributed by atoms with Crippen LogP contribution in [0.25, 0.3) is 0 Å². The van der Waals surface area contributed by atoms with Crippen molar-refractivity contribution in [2.24, 2.45) is 0 Å². The first-order valence-corrected chi connectivity index (χ1v) is 7.11. The van der Waals surface area contributed by atoms with Gasteiger partial charge in [-0.15, -0.1) is 0 Å². The van der Waals surface area contributed by atoms with Gasteiger partial charge in [-0.3, -0.25) is 0 Å². The highest BCUT2D eigenvalue weighted by atomic mass is 35.5. The van der Waals surface area contributed by atoms with Crippen LogP contribution in [-0.4, -0.2) is 55.5 Å². The first kappa shape index (κ1) is 17.8. The van der Waals surface area contributed by atoms with Crippen molar-refractivity contribution in [1.29, 1.82) is 0 Å². The summed E-state index contributed by atoms with van der Waals surface area (Å²) in [6.07, 6.45) is -4.74. The van der Waals surface area contributed by atoms with Crippen molar-refractivity contribution in [1.82, 2.24) is 10.3 Å². The summed E-state index contributed by atoms with van der Waals surface area (Å²) in [7, 11) is 1.06. The van der Waals surface area contributed by atoms with Gasteiger partial charge in [-0.2, -0.15) is 13.2 Å². The molecule has 0 spiro atoms. The number of aliphatic hydroxyl groups excluding tert-OH is 1. The molecule has 0 aliphatic carbocycles. The van der Waals surface area contributed by atoms with Crippen LogP contribution < -0.4 is 10.2 Å². The van der Waals surface area contributed by atoms with Gasteiger partial charge in [-0.1, -0.05) is 11.6 Å². The van der Waals surface area contributed by atoms with Gasteiger partial charge in [0, 0.05) is 19.6 Å². The monoisotopic (exact) mass is 353 g/mol. The number of alkyl halides is 3. The van der Waals surface area contributed by atoms with Crippen molar-refractivity contribution in [3.63, 3.8) is 0 Å². The number of aromatic nitrogens is 1. The van der Waals surface area contributed by atoms with E-state index >= 15 is 0 Å². The number of ether oxygens (including phenoxy) is 1. The van der Waals surface area contributed by atoms with E-state index in [0.29, 0.717) is 25.7 Å². The van der Waals surface area contributed by atoms with E-state index < -0.39 is 28.9 Å². The summed E-state index contributed by atoms with van der Waals surface area (Å²) < 4.78 is 43.5. The van der Waals surface area contributed by atoms with Gasteiger partial charge in [-0.25, -0.2) is 9.78 Å². The molecule has 6 nitrogen and oxygen atoms in total. The lowest BCUT2D eigenvalue weighted by Gasteiger charge is -2.37. The fourth-order valence-corrected chi connectivity index (χ4v) is 2.60. The zero-order valence-electron chi connectivity index (χ0n) is 12.2. The Morgan fingerprint density at radius 1 is 1.61 bits per heavy atom. The highest BCUT2D eigenvalue weighted by molar-refractivity contribution is 6.30. The number of hydrogen-bond acceptors (Lipinski definition) is 6. The summed E-state index contributed by atoms with van der Waals surface area (Å²) >= 11 is 5.66. The SMILES string of the molecule is COC(=O)c1cc(C(F)(F)F)c(Cl)nc1N1CCNC[C@@H]1CO. The second-order valence-corrected chi connectivity index (χ2v) is 5.28. The van der Waals surface area contributed by atoms with Gasteiger partial charge in [0.1, 0.15) is 16.5 Å². The van der Waals surface area contributed by atoms with Gasteiger partial charge in [0.15, 0.2) is 0 Å². The Labute approximate surface area is 135 Å². The van der Waals surface area contributed by atoms with Gasteiger partial charge >= 0.3 is 12.1 Å². The largest absolute Gasteiger partial charge is 0.465 e. The Hall–Kier alpha value is -1.58. The van der Waals surface area contributed by atoms with Crippen LogP contribution in [0.5, 0.6) is 0 Å². The number of carbonyl (C=O) groups excluding carboxylic acids is 1. The number of anilines is 1. The van der Waals surface area contributed by atoms with Gasteiger partial charge in [0.05, 0.1) is 25.3 Å². The highest BCUT2D eigenvalue weighted by Gasteiger charge is 2.37. The zero-order chi connectivity index (χ0) is 17.2. The third-order valence-corrected chi connectivity index (χ3v) is 3.79. The van der Waals surface area contributed by atoms with Crippen molar-refractivity contribution >= 4 is 23.4 Å². The number of rotatable bonds is 3. The van der Waals surface area contributed by atoms with Crippen LogP contribution in [0.1, 0.15) is 15.9 Å². The van der Waals surface area contributed by atoms with Gasteiger partial charge in [-0.05, 0) is 6.07 Å². The topological polar surface area (TPSA) is 74.7 Å². The number of pyridine rings is 1. The molecule has 1 fully saturated rings. The number of esters is 1. The summed E-state index contributed by atoms with van der Waals surface area (Å²) in [5, 5.41) is 11.7. The summed E-state index contributed by atoms with van der Waals surface area (Å²) in [5.41, 5.74) is -1.55. The van der Waals surface area contributed by atoms with E-state index in [2.05, 4.69) is 15.0 Å². The molecule has 2 rings (SSSR count). The first-order chi connectivity index (χ1) is 10.8. The molecular weight excluding hydrogens is 339 g/mol. The Kier molecular flexibility index (Phi) is 5.33. The fourth-order valence-electron chi connectivity index (χ4n) is 2.36. The summed E-state index contributed by atoms with van der Waals surface area (Å²) in [4.78, 5) is 17.2. The molecule has 128 valence electrons. The van der Waals surface area contributed by atoms with Crippen molar-refractivity contribution < 1.29 is 27.8 Å². The molecule has 0 bridgehead atoms. The highest BCUT2D eigenvalue weighted by Crippen LogP contribution is 2.37. The fraction of sp³-hybridized carbons (Fsp3) is 0.538. The minimum Gasteiger partial charge on any atom is -0.465 e. The lowest BCUT2D eigenvalue weighted by Crippen LogP contribution is -2.53. The van der Waals surface area contributed by atoms with E-state index in [9.17, 15) is 23.1 Å². The number of hydrogen-bond donors (Lipinski definition) is 2. The van der Waals surface area contributed by atoms with Crippen molar-refractivity contribution in [3.8, 4) is 0 Å². The molecule has 2 N–H and O–H groups in total. The van der Waals surface area contributed by atoms with Crippen LogP contribution in [-0.2, 0) is 10.9 Å². The number of nitrogens with one attached hydrogen (secondary N) is 1. The molecule has 1 saturated heterocycles. The number of nitrogens with zero attached hydrogens (tertiary/aromatic N) is 2. The number of aliphatic hydroxyl groups is 1. The quantitative estimate of drug-likeness (QED) is 0.630. The molecule has 0 amide bonds. The van der Waals surface area contributed by atoms with Gasteiger partial charge < -0.3 is 20.1 Å². The second-order valence-electron chi connectivity index (χ2n) is 4.92. The van der Waals surface area contributed by atoms with Crippen LogP contribution >= 0.6 is 11.6 Å². The average molecular weight is 354 g/mol. The second kappa shape index (κ2) is 6.90. The molecular formula is C13H15ClF3N3O3. The molecule has 0 saturated carbocycles. The normalized spacial score (nSPS) is 18.9. The zero-order valence-corrected chi connectivity index (χ0v) is 12.9. The lowest BCUT2D eigenvalue weighted by atomic mass is 10.1. The Bertz CT molecular complexity index is 598. The molecule has 1 aromatic heterocycles. The van der Waals surface area contributed by atoms with Crippen molar-refractivity contribution in [3.05, 3.63) is 22.3 Å². The Morgan fingerprint density at radius 3 is 2.87 bits per heavy atom. The number of carbonyl (C=O) groups is 1. The molecule has 1 aliphatic heterocycles. The molecule has 0 unspecified atom stereocenters. The van der Waals surface area contributed by atoms with E-state index in [1.807, 2.05) is 0 Å². The van der Waals surface area contributed by atoms with Crippen LogP contribution in [0.2, 0.25) is 5.15 Å². The van der Waals surface area contributed by atoms with Crippen molar-refractivity contribution in [2.45, 2.75) is 12.2 Å². The molecule has 1 atom stereocenters. The minimum atomic E-state index is -4.74. The van der Waals surface area contributed by atoms with Crippen LogP contribution in [0.3, 0.4) is 0 Å². The molecule has 0 radical (unpaired) electrons. The third kappa shape index (κ3) is 3.67. The van der Waals surface area contributed by atoms with Crippen LogP contribution in [0, 0.1) is 0 Å². The number of piperazine rings is 1. The lowest BCUT2D eigenvalue weighted by molar-refractivity contribution is -0.137. The summed E-state index contributed by atoms with van der Waals surface area (Å²) in [6, 6.07) is 0.194. The van der Waals surface area contributed by atoms with E-state index in [1.54, 1.807) is 4.90 Å². The van der Waals surface area contributed by atoms with Crippen molar-refractivity contribution in [2.75, 3.05) is 38.3 Å². The molecule has 0 aromatic carbocycles. The third-order valence-electron chi connectivity index (χ3n) is 3.50. The van der Waals surface area contributed by atoms with Gasteiger partial charge in [0.2, 0.25) is 0 Å². The molecule has 2 heterocycles. The molecule has 10 heteroatoms. The molecule has 23 heavy (non-hydrogen) atoms.